The summed E-state index contributed by atoms with van der Waals surface area (Å²) in [5.74, 6) is 0.797. The van der Waals surface area contributed by atoms with Gasteiger partial charge in [-0.15, -0.1) is 5.10 Å². The minimum atomic E-state index is 0.110. The monoisotopic (exact) mass is 377 g/mol. The molecule has 0 unspecified atom stereocenters. The fourth-order valence-electron chi connectivity index (χ4n) is 3.38. The summed E-state index contributed by atoms with van der Waals surface area (Å²) < 4.78 is 1.62. The third-order valence-electron chi connectivity index (χ3n) is 4.94. The van der Waals surface area contributed by atoms with Gasteiger partial charge in [-0.25, -0.2) is 4.68 Å². The molecule has 0 radical (unpaired) electrons. The van der Waals surface area contributed by atoms with Gasteiger partial charge >= 0.3 is 0 Å². The molecule has 8 heteroatoms. The summed E-state index contributed by atoms with van der Waals surface area (Å²) in [5.41, 5.74) is 2.99. The highest BCUT2D eigenvalue weighted by molar-refractivity contribution is 5.81. The van der Waals surface area contributed by atoms with E-state index in [0.717, 1.165) is 37.4 Å². The molecule has 1 N–H and O–H groups in total. The van der Waals surface area contributed by atoms with Crippen molar-refractivity contribution in [3.8, 4) is 11.4 Å². The van der Waals surface area contributed by atoms with Gasteiger partial charge in [-0.05, 0) is 34.7 Å². The number of hydrogen-bond acceptors (Lipinski definition) is 6. The van der Waals surface area contributed by atoms with Crippen molar-refractivity contribution in [2.24, 2.45) is 7.05 Å². The Morgan fingerprint density at radius 3 is 2.54 bits per heavy atom. The highest BCUT2D eigenvalue weighted by Gasteiger charge is 2.21. The van der Waals surface area contributed by atoms with Crippen LogP contribution in [0.2, 0.25) is 0 Å². The summed E-state index contributed by atoms with van der Waals surface area (Å²) in [6.07, 6.45) is 0. The first-order valence-corrected chi connectivity index (χ1v) is 9.35. The van der Waals surface area contributed by atoms with Gasteiger partial charge in [-0.3, -0.25) is 4.79 Å². The van der Waals surface area contributed by atoms with Crippen LogP contribution in [0, 0.1) is 0 Å². The molecule has 1 aromatic heterocycles. The van der Waals surface area contributed by atoms with Crippen LogP contribution < -0.4 is 10.2 Å². The van der Waals surface area contributed by atoms with Crippen molar-refractivity contribution < 1.29 is 4.79 Å². The van der Waals surface area contributed by atoms with E-state index in [0.29, 0.717) is 5.82 Å². The zero-order valence-electron chi connectivity index (χ0n) is 15.8. The quantitative estimate of drug-likeness (QED) is 0.728. The van der Waals surface area contributed by atoms with E-state index in [2.05, 4.69) is 37.9 Å². The fraction of sp³-hybridized carbons (Fsp3) is 0.300. The molecule has 0 spiro atoms. The second kappa shape index (κ2) is 8.08. The first kappa shape index (κ1) is 18.0. The number of piperazine rings is 1. The lowest BCUT2D eigenvalue weighted by atomic mass is 10.2. The average Bonchev–Trinajstić information content (AvgIpc) is 3.19. The fourth-order valence-corrected chi connectivity index (χ4v) is 3.38. The molecule has 2 aromatic carbocycles. The molecule has 1 amide bonds. The van der Waals surface area contributed by atoms with Crippen LogP contribution in [-0.4, -0.2) is 63.7 Å². The third kappa shape index (κ3) is 3.95. The first-order valence-electron chi connectivity index (χ1n) is 9.35. The Morgan fingerprint density at radius 2 is 1.82 bits per heavy atom. The van der Waals surface area contributed by atoms with E-state index in [1.807, 2.05) is 47.4 Å². The summed E-state index contributed by atoms with van der Waals surface area (Å²) in [6, 6.07) is 18.1. The molecule has 28 heavy (non-hydrogen) atoms. The van der Waals surface area contributed by atoms with Gasteiger partial charge in [0.05, 0.1) is 6.54 Å². The number of nitrogens with zero attached hydrogens (tertiary/aromatic N) is 6. The lowest BCUT2D eigenvalue weighted by Crippen LogP contribution is -2.50. The highest BCUT2D eigenvalue weighted by Crippen LogP contribution is 2.20. The number of para-hydroxylation sites is 1. The van der Waals surface area contributed by atoms with Crippen LogP contribution in [0.5, 0.6) is 0 Å². The molecule has 1 aliphatic heterocycles. The topological polar surface area (TPSA) is 79.2 Å². The smallest absolute Gasteiger partial charge is 0.241 e. The van der Waals surface area contributed by atoms with Crippen LogP contribution in [0.15, 0.2) is 54.6 Å². The van der Waals surface area contributed by atoms with Crippen molar-refractivity contribution >= 4 is 17.3 Å². The van der Waals surface area contributed by atoms with E-state index >= 15 is 0 Å². The highest BCUT2D eigenvalue weighted by atomic mass is 16.2. The van der Waals surface area contributed by atoms with Crippen molar-refractivity contribution in [2.45, 2.75) is 0 Å². The van der Waals surface area contributed by atoms with Gasteiger partial charge in [0, 0.05) is 50.2 Å². The minimum Gasteiger partial charge on any atom is -0.376 e. The van der Waals surface area contributed by atoms with E-state index in [1.54, 1.807) is 11.7 Å². The van der Waals surface area contributed by atoms with Gasteiger partial charge in [-0.1, -0.05) is 30.3 Å². The predicted molar refractivity (Wildman–Crippen MR) is 108 cm³/mol. The normalized spacial score (nSPS) is 14.2. The number of amides is 1. The Balaban J connectivity index is 1.31. The SMILES string of the molecule is Cn1nnnc1-c1cccc(NCC(=O)N2CCN(c3ccccc3)CC2)c1. The molecule has 8 nitrogen and oxygen atoms in total. The molecule has 1 fully saturated rings. The van der Waals surface area contributed by atoms with Crippen LogP contribution in [0.4, 0.5) is 11.4 Å². The van der Waals surface area contributed by atoms with Gasteiger partial charge in [0.2, 0.25) is 5.91 Å². The number of carbonyl (C=O) groups excluding carboxylic acids is 1. The molecule has 2 heterocycles. The van der Waals surface area contributed by atoms with Crippen LogP contribution >= 0.6 is 0 Å². The lowest BCUT2D eigenvalue weighted by molar-refractivity contribution is -0.129. The standard InChI is InChI=1S/C20H23N7O/c1-25-20(22-23-24-25)16-6-5-7-17(14-16)21-15-19(28)27-12-10-26(11-13-27)18-8-3-2-4-9-18/h2-9,14,21H,10-13,15H2,1H3. The number of benzene rings is 2. The van der Waals surface area contributed by atoms with Crippen molar-refractivity contribution in [2.75, 3.05) is 42.9 Å². The molecule has 3 aromatic rings. The number of tetrazole rings is 1. The Kier molecular flexibility index (Phi) is 5.18. The Labute approximate surface area is 163 Å². The van der Waals surface area contributed by atoms with Crippen molar-refractivity contribution in [3.05, 3.63) is 54.6 Å². The second-order valence-electron chi connectivity index (χ2n) is 6.76. The number of aromatic nitrogens is 4. The molecule has 1 aliphatic rings. The summed E-state index contributed by atoms with van der Waals surface area (Å²) in [5, 5.41) is 14.8. The maximum Gasteiger partial charge on any atom is 0.241 e. The lowest BCUT2D eigenvalue weighted by Gasteiger charge is -2.36. The predicted octanol–water partition coefficient (Wildman–Crippen LogP) is 1.64. The van der Waals surface area contributed by atoms with Crippen molar-refractivity contribution in [3.63, 3.8) is 0 Å². The Hall–Kier alpha value is -3.42. The summed E-state index contributed by atoms with van der Waals surface area (Å²) in [7, 11) is 1.80. The van der Waals surface area contributed by atoms with E-state index in [1.165, 1.54) is 5.69 Å². The zero-order valence-corrected chi connectivity index (χ0v) is 15.8. The average molecular weight is 377 g/mol. The molecule has 0 bridgehead atoms. The van der Waals surface area contributed by atoms with Crippen LogP contribution in [0.3, 0.4) is 0 Å². The van der Waals surface area contributed by atoms with Gasteiger partial charge in [0.1, 0.15) is 0 Å². The number of carbonyl (C=O) groups is 1. The number of nitrogens with one attached hydrogen (secondary N) is 1. The number of hydrogen-bond donors (Lipinski definition) is 1. The van der Waals surface area contributed by atoms with E-state index in [9.17, 15) is 4.79 Å². The van der Waals surface area contributed by atoms with Gasteiger partial charge in [0.15, 0.2) is 5.82 Å². The number of anilines is 2. The third-order valence-corrected chi connectivity index (χ3v) is 4.94. The second-order valence-corrected chi connectivity index (χ2v) is 6.76. The molecular formula is C20H23N7O. The summed E-state index contributed by atoms with van der Waals surface area (Å²) in [6.45, 7) is 3.45. The maximum atomic E-state index is 12.6. The first-order chi connectivity index (χ1) is 13.7. The molecule has 0 atom stereocenters. The molecule has 144 valence electrons. The summed E-state index contributed by atoms with van der Waals surface area (Å²) >= 11 is 0. The van der Waals surface area contributed by atoms with Gasteiger partial charge in [-0.2, -0.15) is 0 Å². The maximum absolute atomic E-state index is 12.6. The molecule has 0 aliphatic carbocycles. The van der Waals surface area contributed by atoms with E-state index in [-0.39, 0.29) is 12.5 Å². The Morgan fingerprint density at radius 1 is 1.04 bits per heavy atom. The number of rotatable bonds is 5. The van der Waals surface area contributed by atoms with Crippen molar-refractivity contribution in [1.29, 1.82) is 0 Å². The van der Waals surface area contributed by atoms with Gasteiger partial charge in [0.25, 0.3) is 0 Å². The van der Waals surface area contributed by atoms with Gasteiger partial charge < -0.3 is 15.1 Å². The van der Waals surface area contributed by atoms with E-state index < -0.39 is 0 Å². The minimum absolute atomic E-state index is 0.110. The van der Waals surface area contributed by atoms with Crippen molar-refractivity contribution in [1.82, 2.24) is 25.1 Å². The van der Waals surface area contributed by atoms with Crippen LogP contribution in [0.25, 0.3) is 11.4 Å². The molecule has 4 rings (SSSR count). The van der Waals surface area contributed by atoms with Crippen LogP contribution in [-0.2, 0) is 11.8 Å². The molecule has 0 saturated carbocycles. The number of aryl methyl sites for hydroxylation is 1. The van der Waals surface area contributed by atoms with E-state index in [4.69, 9.17) is 0 Å². The molecular weight excluding hydrogens is 354 g/mol. The van der Waals surface area contributed by atoms with Crippen LogP contribution in [0.1, 0.15) is 0 Å². The largest absolute Gasteiger partial charge is 0.376 e. The Bertz CT molecular complexity index is 932. The zero-order chi connectivity index (χ0) is 19.3. The summed E-state index contributed by atoms with van der Waals surface area (Å²) in [4.78, 5) is 16.8. The molecule has 1 saturated heterocycles.